The molecule has 1 saturated heterocycles. The van der Waals surface area contributed by atoms with Gasteiger partial charge in [0.05, 0.1) is 16.6 Å². The minimum atomic E-state index is 0.0423. The van der Waals surface area contributed by atoms with Crippen molar-refractivity contribution in [3.63, 3.8) is 0 Å². The molecular formula is C21H23BrN4O. The maximum atomic E-state index is 13.0. The number of likely N-dealkylation sites (tertiary alicyclic amines) is 1. The van der Waals surface area contributed by atoms with Crippen molar-refractivity contribution in [3.05, 3.63) is 58.6 Å². The third-order valence-electron chi connectivity index (χ3n) is 5.17. The quantitative estimate of drug-likeness (QED) is 0.604. The van der Waals surface area contributed by atoms with Crippen LogP contribution in [-0.2, 0) is 0 Å². The minimum absolute atomic E-state index is 0.0423. The molecule has 0 bridgehead atoms. The summed E-state index contributed by atoms with van der Waals surface area (Å²) in [6.07, 6.45) is 5.37. The summed E-state index contributed by atoms with van der Waals surface area (Å²) in [7, 11) is 0. The molecule has 4 rings (SSSR count). The molecule has 1 amide bonds. The van der Waals surface area contributed by atoms with Gasteiger partial charge in [-0.3, -0.25) is 9.78 Å². The van der Waals surface area contributed by atoms with E-state index in [4.69, 9.17) is 4.98 Å². The molecule has 0 aliphatic carbocycles. The molecule has 1 fully saturated rings. The lowest BCUT2D eigenvalue weighted by molar-refractivity contribution is 0.0702. The van der Waals surface area contributed by atoms with Gasteiger partial charge in [-0.05, 0) is 60.8 Å². The second-order valence-electron chi connectivity index (χ2n) is 7.40. The van der Waals surface area contributed by atoms with E-state index >= 15 is 0 Å². The van der Waals surface area contributed by atoms with Crippen LogP contribution in [0.15, 0.2) is 47.2 Å². The van der Waals surface area contributed by atoms with Crippen molar-refractivity contribution < 1.29 is 4.79 Å². The van der Waals surface area contributed by atoms with Gasteiger partial charge in [-0.15, -0.1) is 0 Å². The number of carbonyl (C=O) groups is 1. The van der Waals surface area contributed by atoms with Gasteiger partial charge < -0.3 is 9.47 Å². The zero-order valence-corrected chi connectivity index (χ0v) is 17.2. The number of aromatic nitrogens is 3. The second-order valence-corrected chi connectivity index (χ2v) is 8.32. The van der Waals surface area contributed by atoms with E-state index in [1.165, 1.54) is 5.52 Å². The van der Waals surface area contributed by atoms with Gasteiger partial charge in [0.2, 0.25) is 0 Å². The molecule has 6 heteroatoms. The number of amides is 1. The number of nitrogens with zero attached hydrogens (tertiary/aromatic N) is 4. The molecule has 140 valence electrons. The van der Waals surface area contributed by atoms with Gasteiger partial charge in [-0.1, -0.05) is 12.1 Å². The smallest absolute Gasteiger partial charge is 0.255 e. The SMILES string of the molecule is CC(C)n1c(C2CCCN(C(=O)c3cncc(Br)c3)C2)nc2ccccc21. The van der Waals surface area contributed by atoms with Crippen LogP contribution in [0.4, 0.5) is 0 Å². The zero-order valence-electron chi connectivity index (χ0n) is 15.6. The van der Waals surface area contributed by atoms with Crippen molar-refractivity contribution in [2.75, 3.05) is 13.1 Å². The van der Waals surface area contributed by atoms with Crippen LogP contribution in [0.5, 0.6) is 0 Å². The molecule has 1 aliphatic rings. The molecule has 0 radical (unpaired) electrons. The number of imidazole rings is 1. The average Bonchev–Trinajstić information content (AvgIpc) is 3.07. The Balaban J connectivity index is 1.65. The number of para-hydroxylation sites is 2. The van der Waals surface area contributed by atoms with Crippen molar-refractivity contribution in [2.24, 2.45) is 0 Å². The van der Waals surface area contributed by atoms with Gasteiger partial charge in [-0.2, -0.15) is 0 Å². The molecule has 5 nitrogen and oxygen atoms in total. The molecule has 3 aromatic rings. The third-order valence-corrected chi connectivity index (χ3v) is 5.60. The van der Waals surface area contributed by atoms with Crippen molar-refractivity contribution >= 4 is 32.9 Å². The highest BCUT2D eigenvalue weighted by Crippen LogP contribution is 2.32. The Morgan fingerprint density at radius 3 is 2.85 bits per heavy atom. The lowest BCUT2D eigenvalue weighted by Gasteiger charge is -2.33. The largest absolute Gasteiger partial charge is 0.338 e. The van der Waals surface area contributed by atoms with Crippen LogP contribution in [0.3, 0.4) is 0 Å². The van der Waals surface area contributed by atoms with Crippen LogP contribution in [0, 0.1) is 0 Å². The van der Waals surface area contributed by atoms with Gasteiger partial charge >= 0.3 is 0 Å². The Labute approximate surface area is 167 Å². The monoisotopic (exact) mass is 426 g/mol. The number of fused-ring (bicyclic) bond motifs is 1. The van der Waals surface area contributed by atoms with E-state index in [2.05, 4.69) is 57.5 Å². The van der Waals surface area contributed by atoms with E-state index in [0.29, 0.717) is 18.2 Å². The molecule has 1 aromatic carbocycles. The summed E-state index contributed by atoms with van der Waals surface area (Å²) in [5.41, 5.74) is 2.82. The number of halogens is 1. The van der Waals surface area contributed by atoms with Gasteiger partial charge in [0, 0.05) is 41.9 Å². The fraction of sp³-hybridized carbons (Fsp3) is 0.381. The van der Waals surface area contributed by atoms with E-state index in [9.17, 15) is 4.79 Å². The molecule has 1 unspecified atom stereocenters. The van der Waals surface area contributed by atoms with Crippen molar-refractivity contribution in [1.82, 2.24) is 19.4 Å². The highest BCUT2D eigenvalue weighted by atomic mass is 79.9. The lowest BCUT2D eigenvalue weighted by atomic mass is 9.96. The Bertz CT molecular complexity index is 981. The van der Waals surface area contributed by atoms with Gasteiger partial charge in [0.1, 0.15) is 5.82 Å². The van der Waals surface area contributed by atoms with E-state index in [0.717, 1.165) is 35.2 Å². The van der Waals surface area contributed by atoms with Gasteiger partial charge in [0.25, 0.3) is 5.91 Å². The van der Waals surface area contributed by atoms with Gasteiger partial charge in [0.15, 0.2) is 0 Å². The summed E-state index contributed by atoms with van der Waals surface area (Å²) >= 11 is 3.40. The summed E-state index contributed by atoms with van der Waals surface area (Å²) < 4.78 is 3.15. The summed E-state index contributed by atoms with van der Waals surface area (Å²) in [6.45, 7) is 5.86. The standard InChI is InChI=1S/C21H23BrN4O/c1-14(2)26-19-8-4-3-7-18(19)24-20(26)15-6-5-9-25(13-15)21(27)16-10-17(22)12-23-11-16/h3-4,7-8,10-12,14-15H,5-6,9,13H2,1-2H3. The Morgan fingerprint density at radius 2 is 2.07 bits per heavy atom. The zero-order chi connectivity index (χ0) is 19.0. The molecule has 3 heterocycles. The van der Waals surface area contributed by atoms with Gasteiger partial charge in [-0.25, -0.2) is 4.98 Å². The molecule has 2 aromatic heterocycles. The van der Waals surface area contributed by atoms with Crippen molar-refractivity contribution in [3.8, 4) is 0 Å². The summed E-state index contributed by atoms with van der Waals surface area (Å²) in [6, 6.07) is 10.4. The maximum absolute atomic E-state index is 13.0. The molecule has 0 N–H and O–H groups in total. The van der Waals surface area contributed by atoms with Crippen LogP contribution in [-0.4, -0.2) is 38.4 Å². The van der Waals surface area contributed by atoms with Crippen LogP contribution in [0.25, 0.3) is 11.0 Å². The van der Waals surface area contributed by atoms with Crippen molar-refractivity contribution in [1.29, 1.82) is 0 Å². The number of carbonyl (C=O) groups excluding carboxylic acids is 1. The summed E-state index contributed by atoms with van der Waals surface area (Å²) in [4.78, 5) is 24.0. The van der Waals surface area contributed by atoms with E-state index in [1.807, 2.05) is 17.0 Å². The number of hydrogen-bond donors (Lipinski definition) is 0. The predicted molar refractivity (Wildman–Crippen MR) is 110 cm³/mol. The van der Waals surface area contributed by atoms with Crippen molar-refractivity contribution in [2.45, 2.75) is 38.6 Å². The highest BCUT2D eigenvalue weighted by Gasteiger charge is 2.29. The number of benzene rings is 1. The predicted octanol–water partition coefficient (Wildman–Crippen LogP) is 4.79. The highest BCUT2D eigenvalue weighted by molar-refractivity contribution is 9.10. The normalized spacial score (nSPS) is 17.6. The molecule has 1 atom stereocenters. The number of rotatable bonds is 3. The van der Waals surface area contributed by atoms with E-state index in [-0.39, 0.29) is 11.8 Å². The van der Waals surface area contributed by atoms with Crippen LogP contribution >= 0.6 is 15.9 Å². The summed E-state index contributed by atoms with van der Waals surface area (Å²) in [5, 5.41) is 0. The number of piperidine rings is 1. The first-order valence-corrected chi connectivity index (χ1v) is 10.2. The first-order valence-electron chi connectivity index (χ1n) is 9.41. The molecule has 27 heavy (non-hydrogen) atoms. The Morgan fingerprint density at radius 1 is 1.26 bits per heavy atom. The van der Waals surface area contributed by atoms with Crippen LogP contribution in [0.2, 0.25) is 0 Å². The summed E-state index contributed by atoms with van der Waals surface area (Å²) in [5.74, 6) is 1.38. The van der Waals surface area contributed by atoms with Crippen LogP contribution in [0.1, 0.15) is 54.8 Å². The van der Waals surface area contributed by atoms with E-state index in [1.54, 1.807) is 12.4 Å². The first-order chi connectivity index (χ1) is 13.0. The topological polar surface area (TPSA) is 51.0 Å². The number of hydrogen-bond acceptors (Lipinski definition) is 3. The van der Waals surface area contributed by atoms with Crippen LogP contribution < -0.4 is 0 Å². The number of pyridine rings is 1. The first kappa shape index (κ1) is 18.2. The molecule has 1 aliphatic heterocycles. The second kappa shape index (κ2) is 7.43. The molecule has 0 saturated carbocycles. The van der Waals surface area contributed by atoms with E-state index < -0.39 is 0 Å². The fourth-order valence-corrected chi connectivity index (χ4v) is 4.34. The maximum Gasteiger partial charge on any atom is 0.255 e. The fourth-order valence-electron chi connectivity index (χ4n) is 3.98. The lowest BCUT2D eigenvalue weighted by Crippen LogP contribution is -2.40. The third kappa shape index (κ3) is 3.50. The average molecular weight is 427 g/mol. The Kier molecular flexibility index (Phi) is 5.00. The minimum Gasteiger partial charge on any atom is -0.338 e. The molecule has 0 spiro atoms. The Hall–Kier alpha value is -2.21. The molecular weight excluding hydrogens is 404 g/mol.